The second-order valence-corrected chi connectivity index (χ2v) is 4.80. The van der Waals surface area contributed by atoms with Crippen LogP contribution in [0.1, 0.15) is 32.1 Å². The SMILES string of the molecule is O=C(CC1(O)CNC1)N1CCCCCC1. The summed E-state index contributed by atoms with van der Waals surface area (Å²) in [5.74, 6) is 0.126. The molecule has 0 aromatic rings. The first-order chi connectivity index (χ1) is 7.20. The molecule has 0 bridgehead atoms. The van der Waals surface area contributed by atoms with E-state index >= 15 is 0 Å². The Kier molecular flexibility index (Phi) is 3.26. The van der Waals surface area contributed by atoms with Crippen molar-refractivity contribution in [3.05, 3.63) is 0 Å². The van der Waals surface area contributed by atoms with E-state index in [-0.39, 0.29) is 5.91 Å². The number of nitrogens with zero attached hydrogens (tertiary/aromatic N) is 1. The van der Waals surface area contributed by atoms with E-state index in [2.05, 4.69) is 5.32 Å². The molecule has 0 atom stereocenters. The molecule has 2 aliphatic rings. The van der Waals surface area contributed by atoms with Crippen LogP contribution in [0.25, 0.3) is 0 Å². The quantitative estimate of drug-likeness (QED) is 0.683. The molecule has 86 valence electrons. The second kappa shape index (κ2) is 4.49. The van der Waals surface area contributed by atoms with Crippen LogP contribution in [0.5, 0.6) is 0 Å². The Morgan fingerprint density at radius 3 is 2.27 bits per heavy atom. The maximum Gasteiger partial charge on any atom is 0.225 e. The molecule has 0 aliphatic carbocycles. The smallest absolute Gasteiger partial charge is 0.225 e. The van der Waals surface area contributed by atoms with Crippen LogP contribution in [0.15, 0.2) is 0 Å². The number of β-amino-alcohol motifs (C(OH)–C–C–N with tert-alkyl or cyclic N) is 1. The number of nitrogens with one attached hydrogen (secondary N) is 1. The highest BCUT2D eigenvalue weighted by atomic mass is 16.3. The van der Waals surface area contributed by atoms with Gasteiger partial charge in [-0.2, -0.15) is 0 Å². The maximum absolute atomic E-state index is 11.9. The van der Waals surface area contributed by atoms with E-state index in [0.717, 1.165) is 25.9 Å². The molecule has 2 heterocycles. The van der Waals surface area contributed by atoms with Crippen molar-refractivity contribution >= 4 is 5.91 Å². The van der Waals surface area contributed by atoms with Crippen LogP contribution < -0.4 is 5.32 Å². The molecule has 0 radical (unpaired) electrons. The van der Waals surface area contributed by atoms with Crippen LogP contribution in [-0.2, 0) is 4.79 Å². The molecule has 2 fully saturated rings. The van der Waals surface area contributed by atoms with E-state index in [0.29, 0.717) is 19.5 Å². The van der Waals surface area contributed by atoms with Gasteiger partial charge < -0.3 is 15.3 Å². The Morgan fingerprint density at radius 2 is 1.80 bits per heavy atom. The minimum Gasteiger partial charge on any atom is -0.387 e. The maximum atomic E-state index is 11.9. The number of hydrogen-bond acceptors (Lipinski definition) is 3. The molecule has 2 aliphatic heterocycles. The molecule has 0 spiro atoms. The zero-order valence-corrected chi connectivity index (χ0v) is 9.17. The van der Waals surface area contributed by atoms with Gasteiger partial charge in [-0.25, -0.2) is 0 Å². The summed E-state index contributed by atoms with van der Waals surface area (Å²) in [6.07, 6.45) is 4.98. The summed E-state index contributed by atoms with van der Waals surface area (Å²) >= 11 is 0. The van der Waals surface area contributed by atoms with E-state index in [9.17, 15) is 9.90 Å². The number of carbonyl (C=O) groups excluding carboxylic acids is 1. The van der Waals surface area contributed by atoms with Crippen molar-refractivity contribution in [3.8, 4) is 0 Å². The molecule has 2 rings (SSSR count). The van der Waals surface area contributed by atoms with Gasteiger partial charge in [-0.3, -0.25) is 4.79 Å². The fourth-order valence-corrected chi connectivity index (χ4v) is 2.25. The molecule has 2 saturated heterocycles. The monoisotopic (exact) mass is 212 g/mol. The number of likely N-dealkylation sites (tertiary alicyclic amines) is 1. The van der Waals surface area contributed by atoms with E-state index in [1.807, 2.05) is 4.90 Å². The second-order valence-electron chi connectivity index (χ2n) is 4.80. The summed E-state index contributed by atoms with van der Waals surface area (Å²) < 4.78 is 0. The standard InChI is InChI=1S/C11H20N2O2/c14-10(7-11(15)8-12-9-11)13-5-3-1-2-4-6-13/h12,15H,1-9H2. The van der Waals surface area contributed by atoms with Gasteiger partial charge in [0.1, 0.15) is 0 Å². The molecule has 4 heteroatoms. The summed E-state index contributed by atoms with van der Waals surface area (Å²) in [6.45, 7) is 2.88. The molecule has 0 aromatic heterocycles. The predicted octanol–water partition coefficient (Wildman–Crippen LogP) is 0.113. The van der Waals surface area contributed by atoms with Gasteiger partial charge in [-0.1, -0.05) is 12.8 Å². The molecular weight excluding hydrogens is 192 g/mol. The topological polar surface area (TPSA) is 52.6 Å². The van der Waals surface area contributed by atoms with E-state index in [1.54, 1.807) is 0 Å². The van der Waals surface area contributed by atoms with Gasteiger partial charge in [-0.15, -0.1) is 0 Å². The highest BCUT2D eigenvalue weighted by Gasteiger charge is 2.37. The third kappa shape index (κ3) is 2.69. The van der Waals surface area contributed by atoms with Gasteiger partial charge in [0.05, 0.1) is 12.0 Å². The molecule has 2 N–H and O–H groups in total. The van der Waals surface area contributed by atoms with Gasteiger partial charge in [0.25, 0.3) is 0 Å². The van der Waals surface area contributed by atoms with Crippen molar-refractivity contribution in [2.75, 3.05) is 26.2 Å². The van der Waals surface area contributed by atoms with Crippen molar-refractivity contribution in [2.24, 2.45) is 0 Å². The van der Waals surface area contributed by atoms with Gasteiger partial charge in [0.2, 0.25) is 5.91 Å². The van der Waals surface area contributed by atoms with Crippen molar-refractivity contribution < 1.29 is 9.90 Å². The number of rotatable bonds is 2. The highest BCUT2D eigenvalue weighted by molar-refractivity contribution is 5.77. The lowest BCUT2D eigenvalue weighted by Crippen LogP contribution is -2.61. The van der Waals surface area contributed by atoms with Crippen LogP contribution in [0.2, 0.25) is 0 Å². The fraction of sp³-hybridized carbons (Fsp3) is 0.909. The van der Waals surface area contributed by atoms with E-state index in [1.165, 1.54) is 12.8 Å². The normalized spacial score (nSPS) is 25.5. The van der Waals surface area contributed by atoms with Crippen LogP contribution in [-0.4, -0.2) is 47.7 Å². The summed E-state index contributed by atoms with van der Waals surface area (Å²) in [6, 6.07) is 0. The lowest BCUT2D eigenvalue weighted by Gasteiger charge is -2.38. The van der Waals surface area contributed by atoms with Crippen molar-refractivity contribution in [3.63, 3.8) is 0 Å². The minimum atomic E-state index is -0.761. The third-order valence-corrected chi connectivity index (χ3v) is 3.35. The fourth-order valence-electron chi connectivity index (χ4n) is 2.25. The van der Waals surface area contributed by atoms with Crippen LogP contribution in [0.4, 0.5) is 0 Å². The molecule has 0 aromatic carbocycles. The Bertz CT molecular complexity index is 231. The summed E-state index contributed by atoms with van der Waals surface area (Å²) in [5.41, 5.74) is -0.761. The number of hydrogen-bond donors (Lipinski definition) is 2. The van der Waals surface area contributed by atoms with Crippen molar-refractivity contribution in [2.45, 2.75) is 37.7 Å². The minimum absolute atomic E-state index is 0.126. The first kappa shape index (κ1) is 10.9. The first-order valence-corrected chi connectivity index (χ1v) is 5.91. The largest absolute Gasteiger partial charge is 0.387 e. The average molecular weight is 212 g/mol. The first-order valence-electron chi connectivity index (χ1n) is 5.91. The lowest BCUT2D eigenvalue weighted by atomic mass is 9.92. The Balaban J connectivity index is 1.83. The van der Waals surface area contributed by atoms with Gasteiger partial charge in [0.15, 0.2) is 0 Å². The average Bonchev–Trinajstić information content (AvgIpc) is 2.43. The Hall–Kier alpha value is -0.610. The zero-order valence-electron chi connectivity index (χ0n) is 9.17. The molecule has 4 nitrogen and oxygen atoms in total. The molecular formula is C11H20N2O2. The summed E-state index contributed by atoms with van der Waals surface area (Å²) in [4.78, 5) is 13.8. The van der Waals surface area contributed by atoms with Crippen LogP contribution in [0.3, 0.4) is 0 Å². The summed E-state index contributed by atoms with van der Waals surface area (Å²) in [7, 11) is 0. The van der Waals surface area contributed by atoms with Crippen LogP contribution in [0, 0.1) is 0 Å². The third-order valence-electron chi connectivity index (χ3n) is 3.35. The summed E-state index contributed by atoms with van der Waals surface area (Å²) in [5, 5.41) is 12.9. The lowest BCUT2D eigenvalue weighted by molar-refractivity contribution is -0.138. The van der Waals surface area contributed by atoms with Gasteiger partial charge in [0, 0.05) is 26.2 Å². The highest BCUT2D eigenvalue weighted by Crippen LogP contribution is 2.18. The van der Waals surface area contributed by atoms with Crippen molar-refractivity contribution in [1.29, 1.82) is 0 Å². The van der Waals surface area contributed by atoms with Gasteiger partial charge in [-0.05, 0) is 12.8 Å². The Labute approximate surface area is 90.6 Å². The number of amides is 1. The molecule has 0 unspecified atom stereocenters. The van der Waals surface area contributed by atoms with Crippen molar-refractivity contribution in [1.82, 2.24) is 10.2 Å². The van der Waals surface area contributed by atoms with E-state index in [4.69, 9.17) is 0 Å². The van der Waals surface area contributed by atoms with Crippen LogP contribution >= 0.6 is 0 Å². The zero-order chi connectivity index (χ0) is 10.7. The van der Waals surface area contributed by atoms with E-state index < -0.39 is 5.60 Å². The predicted molar refractivity (Wildman–Crippen MR) is 57.5 cm³/mol. The Morgan fingerprint density at radius 1 is 1.20 bits per heavy atom. The molecule has 0 saturated carbocycles. The molecule has 15 heavy (non-hydrogen) atoms. The van der Waals surface area contributed by atoms with Gasteiger partial charge >= 0.3 is 0 Å². The number of aliphatic hydroxyl groups is 1. The number of carbonyl (C=O) groups is 1. The molecule has 1 amide bonds.